The molecule has 94 valence electrons. The minimum Gasteiger partial charge on any atom is -0.481 e. The zero-order valence-electron chi connectivity index (χ0n) is 10.3. The third kappa shape index (κ3) is 4.55. The van der Waals surface area contributed by atoms with Crippen molar-refractivity contribution in [1.82, 2.24) is 0 Å². The van der Waals surface area contributed by atoms with Crippen LogP contribution in [0, 0.1) is 17.7 Å². The fraction of sp³-hybridized carbons (Fsp3) is 0.500. The lowest BCUT2D eigenvalue weighted by Crippen LogP contribution is -2.19. The van der Waals surface area contributed by atoms with E-state index in [1.54, 1.807) is 12.1 Å². The maximum Gasteiger partial charge on any atom is 0.306 e. The first-order valence-electron chi connectivity index (χ1n) is 6.00. The Labute approximate surface area is 101 Å². The van der Waals surface area contributed by atoms with Crippen molar-refractivity contribution >= 4 is 5.97 Å². The molecule has 0 spiro atoms. The summed E-state index contributed by atoms with van der Waals surface area (Å²) in [5, 5.41) is 9.15. The third-order valence-corrected chi connectivity index (χ3v) is 3.10. The minimum absolute atomic E-state index is 0.310. The van der Waals surface area contributed by atoms with Crippen LogP contribution in [0.5, 0.6) is 0 Å². The summed E-state index contributed by atoms with van der Waals surface area (Å²) in [6.07, 6.45) is 2.01. The molecule has 0 fully saturated rings. The number of halogens is 1. The Bertz CT molecular complexity index is 376. The van der Waals surface area contributed by atoms with Crippen molar-refractivity contribution in [2.24, 2.45) is 11.8 Å². The van der Waals surface area contributed by atoms with Gasteiger partial charge in [-0.3, -0.25) is 4.79 Å². The van der Waals surface area contributed by atoms with Gasteiger partial charge in [0, 0.05) is 0 Å². The molecule has 1 aromatic carbocycles. The molecule has 0 saturated carbocycles. The molecule has 0 amide bonds. The molecular formula is C14H19FO2. The van der Waals surface area contributed by atoms with Crippen molar-refractivity contribution < 1.29 is 14.3 Å². The van der Waals surface area contributed by atoms with Crippen LogP contribution in [0.1, 0.15) is 32.3 Å². The highest BCUT2D eigenvalue weighted by Crippen LogP contribution is 2.20. The highest BCUT2D eigenvalue weighted by molar-refractivity contribution is 5.70. The van der Waals surface area contributed by atoms with E-state index in [-0.39, 0.29) is 5.82 Å². The Kier molecular flexibility index (Phi) is 5.13. The predicted octanol–water partition coefficient (Wildman–Crippen LogP) is 3.51. The van der Waals surface area contributed by atoms with Crippen molar-refractivity contribution in [3.63, 3.8) is 0 Å². The van der Waals surface area contributed by atoms with Gasteiger partial charge in [-0.05, 0) is 36.5 Å². The zero-order valence-corrected chi connectivity index (χ0v) is 10.3. The van der Waals surface area contributed by atoms with E-state index in [9.17, 15) is 9.18 Å². The monoisotopic (exact) mass is 238 g/mol. The molecule has 0 saturated heterocycles. The average Bonchev–Trinajstić information content (AvgIpc) is 2.27. The van der Waals surface area contributed by atoms with Crippen LogP contribution < -0.4 is 0 Å². The maximum atomic E-state index is 13.0. The van der Waals surface area contributed by atoms with Gasteiger partial charge in [-0.1, -0.05) is 32.4 Å². The molecule has 3 heteroatoms. The van der Waals surface area contributed by atoms with Gasteiger partial charge in [-0.25, -0.2) is 4.39 Å². The molecule has 0 radical (unpaired) electrons. The van der Waals surface area contributed by atoms with Crippen LogP contribution in [0.3, 0.4) is 0 Å². The fourth-order valence-electron chi connectivity index (χ4n) is 1.87. The quantitative estimate of drug-likeness (QED) is 0.823. The van der Waals surface area contributed by atoms with Crippen molar-refractivity contribution in [3.8, 4) is 0 Å². The molecule has 0 heterocycles. The number of carbonyl (C=O) groups is 1. The molecule has 2 unspecified atom stereocenters. The average molecular weight is 238 g/mol. The summed E-state index contributed by atoms with van der Waals surface area (Å²) >= 11 is 0. The maximum absolute atomic E-state index is 13.0. The first kappa shape index (κ1) is 13.7. The van der Waals surface area contributed by atoms with Gasteiger partial charge in [0.25, 0.3) is 0 Å². The summed E-state index contributed by atoms with van der Waals surface area (Å²) in [6.45, 7) is 4.09. The summed E-state index contributed by atoms with van der Waals surface area (Å²) in [4.78, 5) is 11.1. The van der Waals surface area contributed by atoms with Crippen molar-refractivity contribution in [2.45, 2.75) is 33.1 Å². The van der Waals surface area contributed by atoms with Crippen LogP contribution in [0.2, 0.25) is 0 Å². The van der Waals surface area contributed by atoms with Crippen LogP contribution in [-0.4, -0.2) is 11.1 Å². The van der Waals surface area contributed by atoms with Crippen LogP contribution in [0.25, 0.3) is 0 Å². The summed E-state index contributed by atoms with van der Waals surface area (Å²) in [5.74, 6) is -1.15. The summed E-state index contributed by atoms with van der Waals surface area (Å²) < 4.78 is 13.0. The lowest BCUT2D eigenvalue weighted by atomic mass is 9.89. The van der Waals surface area contributed by atoms with Gasteiger partial charge in [0.15, 0.2) is 0 Å². The van der Waals surface area contributed by atoms with Crippen LogP contribution >= 0.6 is 0 Å². The van der Waals surface area contributed by atoms with Crippen LogP contribution in [0.4, 0.5) is 4.39 Å². The molecule has 0 bridgehead atoms. The first-order chi connectivity index (χ1) is 8.02. The number of hydrogen-bond donors (Lipinski definition) is 1. The van der Waals surface area contributed by atoms with Crippen molar-refractivity contribution in [1.29, 1.82) is 0 Å². The number of carboxylic acids is 1. The first-order valence-corrected chi connectivity index (χ1v) is 6.00. The van der Waals surface area contributed by atoms with Crippen LogP contribution in [0.15, 0.2) is 24.3 Å². The van der Waals surface area contributed by atoms with Gasteiger partial charge in [0.1, 0.15) is 5.82 Å². The number of rotatable bonds is 6. The minimum atomic E-state index is -0.797. The van der Waals surface area contributed by atoms with E-state index in [0.29, 0.717) is 18.8 Å². The number of carboxylic acid groups (broad SMARTS) is 1. The standard InChI is InChI=1S/C14H19FO2/c1-3-10(2)7-12(14(16)17)8-11-5-4-6-13(15)9-11/h4-6,9-10,12H,3,7-8H2,1-2H3,(H,16,17). The Balaban J connectivity index is 2.70. The molecule has 0 aliphatic heterocycles. The molecule has 0 aliphatic rings. The van der Waals surface area contributed by atoms with Crippen molar-refractivity contribution in [2.75, 3.05) is 0 Å². The zero-order chi connectivity index (χ0) is 12.8. The van der Waals surface area contributed by atoms with E-state index in [2.05, 4.69) is 0 Å². The molecule has 2 nitrogen and oxygen atoms in total. The normalized spacial score (nSPS) is 14.3. The summed E-state index contributed by atoms with van der Waals surface area (Å²) in [5.41, 5.74) is 0.751. The smallest absolute Gasteiger partial charge is 0.306 e. The molecule has 2 atom stereocenters. The van der Waals surface area contributed by atoms with E-state index < -0.39 is 11.9 Å². The second-order valence-electron chi connectivity index (χ2n) is 4.62. The topological polar surface area (TPSA) is 37.3 Å². The largest absolute Gasteiger partial charge is 0.481 e. The second kappa shape index (κ2) is 6.38. The van der Waals surface area contributed by atoms with Gasteiger partial charge < -0.3 is 5.11 Å². The predicted molar refractivity (Wildman–Crippen MR) is 65.3 cm³/mol. The number of hydrogen-bond acceptors (Lipinski definition) is 1. The fourth-order valence-corrected chi connectivity index (χ4v) is 1.87. The van der Waals surface area contributed by atoms with E-state index in [1.807, 2.05) is 13.8 Å². The molecule has 0 aromatic heterocycles. The Morgan fingerprint density at radius 2 is 2.18 bits per heavy atom. The number of benzene rings is 1. The van der Waals surface area contributed by atoms with Gasteiger partial charge in [0.2, 0.25) is 0 Å². The highest BCUT2D eigenvalue weighted by Gasteiger charge is 2.20. The second-order valence-corrected chi connectivity index (χ2v) is 4.62. The van der Waals surface area contributed by atoms with E-state index >= 15 is 0 Å². The molecule has 1 aromatic rings. The molecule has 1 rings (SSSR count). The molecular weight excluding hydrogens is 219 g/mol. The lowest BCUT2D eigenvalue weighted by molar-refractivity contribution is -0.142. The van der Waals surface area contributed by atoms with Gasteiger partial charge >= 0.3 is 5.97 Å². The highest BCUT2D eigenvalue weighted by atomic mass is 19.1. The summed E-state index contributed by atoms with van der Waals surface area (Å²) in [7, 11) is 0. The molecule has 1 N–H and O–H groups in total. The summed E-state index contributed by atoms with van der Waals surface area (Å²) in [6, 6.07) is 6.17. The van der Waals surface area contributed by atoms with E-state index in [4.69, 9.17) is 5.11 Å². The molecule has 0 aliphatic carbocycles. The van der Waals surface area contributed by atoms with Crippen molar-refractivity contribution in [3.05, 3.63) is 35.6 Å². The van der Waals surface area contributed by atoms with Gasteiger partial charge in [-0.15, -0.1) is 0 Å². The SMILES string of the molecule is CCC(C)CC(Cc1cccc(F)c1)C(=O)O. The number of aliphatic carboxylic acids is 1. The molecule has 17 heavy (non-hydrogen) atoms. The Morgan fingerprint density at radius 1 is 1.47 bits per heavy atom. The van der Waals surface area contributed by atoms with Gasteiger partial charge in [-0.2, -0.15) is 0 Å². The Hall–Kier alpha value is -1.38. The van der Waals surface area contributed by atoms with E-state index in [0.717, 1.165) is 12.0 Å². The van der Waals surface area contributed by atoms with E-state index in [1.165, 1.54) is 12.1 Å². The Morgan fingerprint density at radius 3 is 2.71 bits per heavy atom. The van der Waals surface area contributed by atoms with Crippen LogP contribution in [-0.2, 0) is 11.2 Å². The lowest BCUT2D eigenvalue weighted by Gasteiger charge is -2.16. The third-order valence-electron chi connectivity index (χ3n) is 3.10. The van der Waals surface area contributed by atoms with Gasteiger partial charge in [0.05, 0.1) is 5.92 Å².